The van der Waals surface area contributed by atoms with Crippen molar-refractivity contribution in [1.29, 1.82) is 0 Å². The van der Waals surface area contributed by atoms with Crippen LogP contribution in [0.5, 0.6) is 0 Å². The molecule has 2 atom stereocenters. The molecular formula is C17H20N4O2. The van der Waals surface area contributed by atoms with Crippen molar-refractivity contribution in [2.75, 3.05) is 13.1 Å². The van der Waals surface area contributed by atoms with Crippen molar-refractivity contribution in [2.45, 2.75) is 19.1 Å². The molecule has 0 radical (unpaired) electrons. The van der Waals surface area contributed by atoms with E-state index in [1.807, 2.05) is 30.3 Å². The second-order valence-electron chi connectivity index (χ2n) is 5.67. The first-order valence-corrected chi connectivity index (χ1v) is 7.72. The fourth-order valence-electron chi connectivity index (χ4n) is 2.75. The summed E-state index contributed by atoms with van der Waals surface area (Å²) in [5, 5.41) is 0. The van der Waals surface area contributed by atoms with Gasteiger partial charge in [-0.2, -0.15) is 0 Å². The molecule has 1 aromatic carbocycles. The highest BCUT2D eigenvalue weighted by Gasteiger charge is 2.32. The third-order valence-electron chi connectivity index (χ3n) is 4.08. The monoisotopic (exact) mass is 312 g/mol. The number of carbonyl (C=O) groups is 1. The second-order valence-corrected chi connectivity index (χ2v) is 5.67. The minimum absolute atomic E-state index is 0.154. The predicted molar refractivity (Wildman–Crippen MR) is 85.3 cm³/mol. The maximum Gasteiger partial charge on any atom is 0.410 e. The molecule has 1 amide bonds. The van der Waals surface area contributed by atoms with Gasteiger partial charge in [-0.25, -0.2) is 14.8 Å². The zero-order valence-corrected chi connectivity index (χ0v) is 12.8. The normalized spacial score (nSPS) is 18.7. The largest absolute Gasteiger partial charge is 0.445 e. The number of carbonyl (C=O) groups excluding carboxylic acids is 1. The van der Waals surface area contributed by atoms with Crippen LogP contribution in [0.25, 0.3) is 0 Å². The van der Waals surface area contributed by atoms with Gasteiger partial charge in [-0.1, -0.05) is 30.3 Å². The Morgan fingerprint density at radius 1 is 1.26 bits per heavy atom. The first-order chi connectivity index (χ1) is 11.2. The number of benzene rings is 1. The average Bonchev–Trinajstić information content (AvgIpc) is 3.11. The Labute approximate surface area is 135 Å². The van der Waals surface area contributed by atoms with Gasteiger partial charge in [0.05, 0.1) is 6.04 Å². The summed E-state index contributed by atoms with van der Waals surface area (Å²) in [6.45, 7) is 1.51. The van der Waals surface area contributed by atoms with Gasteiger partial charge in [0.1, 0.15) is 12.4 Å². The van der Waals surface area contributed by atoms with Gasteiger partial charge >= 0.3 is 6.09 Å². The summed E-state index contributed by atoms with van der Waals surface area (Å²) in [5.74, 6) is 0.777. The molecule has 1 saturated heterocycles. The number of nitrogens with zero attached hydrogens (tertiary/aromatic N) is 3. The molecule has 1 fully saturated rings. The molecule has 0 aliphatic carbocycles. The number of hydrogen-bond acceptors (Lipinski definition) is 5. The third kappa shape index (κ3) is 3.84. The number of nitrogens with two attached hydrogens (primary N) is 1. The molecule has 1 aliphatic heterocycles. The Bertz CT molecular complexity index is 636. The summed E-state index contributed by atoms with van der Waals surface area (Å²) < 4.78 is 5.36. The summed E-state index contributed by atoms with van der Waals surface area (Å²) in [6, 6.07) is 11.2. The zero-order valence-electron chi connectivity index (χ0n) is 12.8. The van der Waals surface area contributed by atoms with Gasteiger partial charge in [-0.05, 0) is 18.1 Å². The maximum atomic E-state index is 12.2. The Balaban J connectivity index is 1.52. The Morgan fingerprint density at radius 2 is 2.00 bits per heavy atom. The third-order valence-corrected chi connectivity index (χ3v) is 4.08. The van der Waals surface area contributed by atoms with Gasteiger partial charge in [0, 0.05) is 31.4 Å². The average molecular weight is 312 g/mol. The number of aromatic nitrogens is 2. The molecule has 6 nitrogen and oxygen atoms in total. The smallest absolute Gasteiger partial charge is 0.410 e. The molecule has 2 unspecified atom stereocenters. The van der Waals surface area contributed by atoms with E-state index in [1.165, 1.54) is 0 Å². The van der Waals surface area contributed by atoms with Crippen LogP contribution in [0, 0.1) is 5.92 Å². The van der Waals surface area contributed by atoms with Crippen LogP contribution in [-0.2, 0) is 11.3 Å². The van der Waals surface area contributed by atoms with E-state index < -0.39 is 0 Å². The standard InChI is InChI=1S/C17H20N4O2/c18-15(16-19-8-4-9-20-16)14-7-10-21(11-14)17(22)23-12-13-5-2-1-3-6-13/h1-6,8-9,14-15H,7,10-12,18H2. The summed E-state index contributed by atoms with van der Waals surface area (Å²) in [5.41, 5.74) is 7.20. The highest BCUT2D eigenvalue weighted by atomic mass is 16.6. The van der Waals surface area contributed by atoms with E-state index in [2.05, 4.69) is 9.97 Å². The lowest BCUT2D eigenvalue weighted by atomic mass is 9.99. The summed E-state index contributed by atoms with van der Waals surface area (Å²) in [4.78, 5) is 22.3. The van der Waals surface area contributed by atoms with E-state index in [9.17, 15) is 4.79 Å². The Morgan fingerprint density at radius 3 is 2.74 bits per heavy atom. The number of amides is 1. The number of ether oxygens (including phenoxy) is 1. The van der Waals surface area contributed by atoms with Crippen LogP contribution in [0.15, 0.2) is 48.8 Å². The minimum atomic E-state index is -0.294. The fraction of sp³-hybridized carbons (Fsp3) is 0.353. The molecule has 3 rings (SSSR count). The van der Waals surface area contributed by atoms with E-state index in [0.717, 1.165) is 12.0 Å². The molecule has 2 aromatic rings. The Hall–Kier alpha value is -2.47. The van der Waals surface area contributed by atoms with Gasteiger partial charge in [-0.15, -0.1) is 0 Å². The summed E-state index contributed by atoms with van der Waals surface area (Å²) in [7, 11) is 0. The molecule has 23 heavy (non-hydrogen) atoms. The quantitative estimate of drug-likeness (QED) is 0.935. The van der Waals surface area contributed by atoms with Gasteiger partial charge < -0.3 is 15.4 Å². The van der Waals surface area contributed by atoms with Crippen LogP contribution in [0.4, 0.5) is 4.79 Å². The van der Waals surface area contributed by atoms with Gasteiger partial charge in [0.2, 0.25) is 0 Å². The topological polar surface area (TPSA) is 81.3 Å². The molecular weight excluding hydrogens is 292 g/mol. The minimum Gasteiger partial charge on any atom is -0.445 e. The molecule has 0 saturated carbocycles. The van der Waals surface area contributed by atoms with E-state index >= 15 is 0 Å². The van der Waals surface area contributed by atoms with Crippen molar-refractivity contribution >= 4 is 6.09 Å². The van der Waals surface area contributed by atoms with E-state index in [1.54, 1.807) is 23.4 Å². The second kappa shape index (κ2) is 7.19. The van der Waals surface area contributed by atoms with Crippen LogP contribution in [-0.4, -0.2) is 34.1 Å². The first-order valence-electron chi connectivity index (χ1n) is 7.72. The molecule has 120 valence electrons. The molecule has 1 aliphatic rings. The zero-order chi connectivity index (χ0) is 16.1. The van der Waals surface area contributed by atoms with Crippen molar-refractivity contribution in [2.24, 2.45) is 11.7 Å². The van der Waals surface area contributed by atoms with E-state index in [0.29, 0.717) is 18.9 Å². The highest BCUT2D eigenvalue weighted by Crippen LogP contribution is 2.26. The van der Waals surface area contributed by atoms with Crippen molar-refractivity contribution in [3.05, 3.63) is 60.2 Å². The lowest BCUT2D eigenvalue weighted by Gasteiger charge is -2.19. The van der Waals surface area contributed by atoms with Crippen molar-refractivity contribution in [1.82, 2.24) is 14.9 Å². The molecule has 2 N–H and O–H groups in total. The molecule has 0 bridgehead atoms. The van der Waals surface area contributed by atoms with E-state index in [-0.39, 0.29) is 24.7 Å². The Kier molecular flexibility index (Phi) is 4.83. The van der Waals surface area contributed by atoms with Crippen LogP contribution in [0.2, 0.25) is 0 Å². The van der Waals surface area contributed by atoms with Crippen LogP contribution >= 0.6 is 0 Å². The van der Waals surface area contributed by atoms with Gasteiger partial charge in [0.25, 0.3) is 0 Å². The van der Waals surface area contributed by atoms with Crippen molar-refractivity contribution in [3.63, 3.8) is 0 Å². The number of likely N-dealkylation sites (tertiary alicyclic amines) is 1. The lowest BCUT2D eigenvalue weighted by molar-refractivity contribution is 0.102. The predicted octanol–water partition coefficient (Wildman–Crippen LogP) is 2.14. The lowest BCUT2D eigenvalue weighted by Crippen LogP contribution is -2.31. The summed E-state index contributed by atoms with van der Waals surface area (Å²) in [6.07, 6.45) is 3.91. The molecule has 2 heterocycles. The molecule has 6 heteroatoms. The summed E-state index contributed by atoms with van der Waals surface area (Å²) >= 11 is 0. The fourth-order valence-corrected chi connectivity index (χ4v) is 2.75. The van der Waals surface area contributed by atoms with Crippen LogP contribution in [0.1, 0.15) is 23.9 Å². The van der Waals surface area contributed by atoms with Crippen LogP contribution in [0.3, 0.4) is 0 Å². The molecule has 1 aromatic heterocycles. The van der Waals surface area contributed by atoms with E-state index in [4.69, 9.17) is 10.5 Å². The molecule has 0 spiro atoms. The van der Waals surface area contributed by atoms with Gasteiger partial charge in [-0.3, -0.25) is 0 Å². The highest BCUT2D eigenvalue weighted by molar-refractivity contribution is 5.68. The maximum absolute atomic E-state index is 12.2. The number of rotatable bonds is 4. The van der Waals surface area contributed by atoms with Crippen molar-refractivity contribution < 1.29 is 9.53 Å². The van der Waals surface area contributed by atoms with Crippen LogP contribution < -0.4 is 5.73 Å². The first kappa shape index (κ1) is 15.4. The van der Waals surface area contributed by atoms with Crippen molar-refractivity contribution in [3.8, 4) is 0 Å². The SMILES string of the molecule is NC(c1ncccn1)C1CCN(C(=O)OCc2ccccc2)C1. The number of hydrogen-bond donors (Lipinski definition) is 1. The van der Waals surface area contributed by atoms with Gasteiger partial charge in [0.15, 0.2) is 0 Å².